The Morgan fingerprint density at radius 3 is 2.65 bits per heavy atom. The van der Waals surface area contributed by atoms with Gasteiger partial charge in [0.05, 0.1) is 0 Å². The summed E-state index contributed by atoms with van der Waals surface area (Å²) in [4.78, 5) is 15.6. The van der Waals surface area contributed by atoms with Crippen molar-refractivity contribution < 1.29 is 4.79 Å². The second kappa shape index (κ2) is 6.87. The molecule has 0 fully saturated rings. The zero-order valence-corrected chi connectivity index (χ0v) is 11.9. The van der Waals surface area contributed by atoms with Crippen LogP contribution >= 0.6 is 11.6 Å². The summed E-state index contributed by atoms with van der Waals surface area (Å²) in [5.41, 5.74) is 3.10. The van der Waals surface area contributed by atoms with Gasteiger partial charge in [0.1, 0.15) is 5.15 Å². The fourth-order valence-electron chi connectivity index (χ4n) is 1.61. The maximum absolute atomic E-state index is 11.7. The first-order chi connectivity index (χ1) is 9.63. The number of carbonyl (C=O) groups excluding carboxylic acids is 1. The highest BCUT2D eigenvalue weighted by Gasteiger charge is 1.97. The minimum Gasteiger partial charge on any atom is -0.348 e. The van der Waals surface area contributed by atoms with Gasteiger partial charge in [-0.05, 0) is 30.2 Å². The van der Waals surface area contributed by atoms with Crippen molar-refractivity contribution in [1.29, 1.82) is 0 Å². The first kappa shape index (κ1) is 14.3. The van der Waals surface area contributed by atoms with Gasteiger partial charge in [0.15, 0.2) is 0 Å². The average molecular weight is 287 g/mol. The molecule has 1 amide bonds. The van der Waals surface area contributed by atoms with Crippen LogP contribution in [0.15, 0.2) is 48.7 Å². The van der Waals surface area contributed by atoms with Crippen molar-refractivity contribution in [2.24, 2.45) is 0 Å². The van der Waals surface area contributed by atoms with Gasteiger partial charge in [-0.1, -0.05) is 47.5 Å². The number of hydrogen-bond donors (Lipinski definition) is 1. The molecule has 1 heterocycles. The van der Waals surface area contributed by atoms with Crippen LogP contribution in [0.25, 0.3) is 6.08 Å². The molecule has 0 saturated heterocycles. The van der Waals surface area contributed by atoms with Crippen LogP contribution in [0.5, 0.6) is 0 Å². The van der Waals surface area contributed by atoms with E-state index in [9.17, 15) is 4.79 Å². The number of benzene rings is 1. The molecule has 0 radical (unpaired) electrons. The van der Waals surface area contributed by atoms with Crippen molar-refractivity contribution in [2.45, 2.75) is 13.5 Å². The van der Waals surface area contributed by atoms with Crippen molar-refractivity contribution >= 4 is 23.6 Å². The molecule has 2 aromatic rings. The molecule has 0 bridgehead atoms. The Morgan fingerprint density at radius 1 is 1.25 bits per heavy atom. The van der Waals surface area contributed by atoms with Crippen LogP contribution in [0.3, 0.4) is 0 Å². The number of amides is 1. The number of nitrogens with zero attached hydrogens (tertiary/aromatic N) is 1. The molecule has 3 nitrogen and oxygen atoms in total. The van der Waals surface area contributed by atoms with Crippen LogP contribution in [-0.2, 0) is 11.3 Å². The summed E-state index contributed by atoms with van der Waals surface area (Å²) in [6.45, 7) is 2.46. The Hall–Kier alpha value is -2.13. The van der Waals surface area contributed by atoms with Gasteiger partial charge in [-0.2, -0.15) is 0 Å². The lowest BCUT2D eigenvalue weighted by atomic mass is 10.1. The zero-order valence-electron chi connectivity index (χ0n) is 11.1. The Morgan fingerprint density at radius 2 is 2.00 bits per heavy atom. The number of halogens is 1. The summed E-state index contributed by atoms with van der Waals surface area (Å²) in [6, 6.07) is 11.5. The van der Waals surface area contributed by atoms with E-state index in [2.05, 4.69) is 10.3 Å². The highest BCUT2D eigenvalue weighted by molar-refractivity contribution is 6.29. The van der Waals surface area contributed by atoms with Gasteiger partial charge in [0, 0.05) is 18.8 Å². The first-order valence-electron chi connectivity index (χ1n) is 6.26. The van der Waals surface area contributed by atoms with E-state index in [1.54, 1.807) is 18.3 Å². The molecule has 102 valence electrons. The van der Waals surface area contributed by atoms with Crippen LogP contribution in [0.2, 0.25) is 5.15 Å². The lowest BCUT2D eigenvalue weighted by molar-refractivity contribution is -0.116. The molecule has 0 unspecified atom stereocenters. The number of aromatic nitrogens is 1. The van der Waals surface area contributed by atoms with Crippen molar-refractivity contribution in [3.63, 3.8) is 0 Å². The summed E-state index contributed by atoms with van der Waals surface area (Å²) >= 11 is 5.69. The van der Waals surface area contributed by atoms with Crippen molar-refractivity contribution in [3.05, 3.63) is 70.5 Å². The third kappa shape index (κ3) is 4.52. The molecule has 0 aliphatic heterocycles. The molecule has 0 atom stereocenters. The second-order valence-corrected chi connectivity index (χ2v) is 4.84. The molecular formula is C16H15ClN2O. The average Bonchev–Trinajstić information content (AvgIpc) is 2.46. The van der Waals surface area contributed by atoms with E-state index in [4.69, 9.17) is 11.6 Å². The third-order valence-electron chi connectivity index (χ3n) is 2.76. The van der Waals surface area contributed by atoms with E-state index in [0.717, 1.165) is 11.1 Å². The number of hydrogen-bond acceptors (Lipinski definition) is 2. The summed E-state index contributed by atoms with van der Waals surface area (Å²) in [5.74, 6) is -0.138. The number of carbonyl (C=O) groups is 1. The molecule has 0 saturated carbocycles. The number of nitrogens with one attached hydrogen (secondary N) is 1. The standard InChI is InChI=1S/C16H15ClN2O/c1-12-2-4-13(5-3-12)7-9-16(20)19-11-14-6-8-15(17)18-10-14/h2-10H,11H2,1H3,(H,19,20)/b9-7+. The largest absolute Gasteiger partial charge is 0.348 e. The maximum atomic E-state index is 11.7. The van der Waals surface area contributed by atoms with Crippen LogP contribution < -0.4 is 5.32 Å². The summed E-state index contributed by atoms with van der Waals surface area (Å²) in [6.07, 6.45) is 4.95. The first-order valence-corrected chi connectivity index (χ1v) is 6.64. The molecule has 20 heavy (non-hydrogen) atoms. The van der Waals surface area contributed by atoms with E-state index in [0.29, 0.717) is 11.7 Å². The van der Waals surface area contributed by atoms with Crippen molar-refractivity contribution in [1.82, 2.24) is 10.3 Å². The van der Waals surface area contributed by atoms with E-state index in [1.807, 2.05) is 37.3 Å². The lowest BCUT2D eigenvalue weighted by Gasteiger charge is -2.02. The minimum absolute atomic E-state index is 0.138. The fraction of sp³-hybridized carbons (Fsp3) is 0.125. The molecule has 4 heteroatoms. The highest BCUT2D eigenvalue weighted by Crippen LogP contribution is 2.06. The monoisotopic (exact) mass is 286 g/mol. The SMILES string of the molecule is Cc1ccc(/C=C/C(=O)NCc2ccc(Cl)nc2)cc1. The van der Waals surface area contributed by atoms with Gasteiger partial charge in [-0.3, -0.25) is 4.79 Å². The topological polar surface area (TPSA) is 42.0 Å². The summed E-state index contributed by atoms with van der Waals surface area (Å²) < 4.78 is 0. The van der Waals surface area contributed by atoms with Crippen molar-refractivity contribution in [2.75, 3.05) is 0 Å². The van der Waals surface area contributed by atoms with Gasteiger partial charge in [0.25, 0.3) is 0 Å². The maximum Gasteiger partial charge on any atom is 0.244 e. The fourth-order valence-corrected chi connectivity index (χ4v) is 1.72. The molecule has 0 aliphatic carbocycles. The molecule has 1 aromatic heterocycles. The van der Waals surface area contributed by atoms with Crippen LogP contribution in [-0.4, -0.2) is 10.9 Å². The van der Waals surface area contributed by atoms with Gasteiger partial charge < -0.3 is 5.32 Å². The second-order valence-electron chi connectivity index (χ2n) is 4.45. The summed E-state index contributed by atoms with van der Waals surface area (Å²) in [7, 11) is 0. The predicted octanol–water partition coefficient (Wildman–Crippen LogP) is 3.37. The van der Waals surface area contributed by atoms with Gasteiger partial charge >= 0.3 is 0 Å². The molecule has 0 aliphatic rings. The Balaban J connectivity index is 1.86. The molecule has 1 aromatic carbocycles. The van der Waals surface area contributed by atoms with E-state index in [-0.39, 0.29) is 5.91 Å². The Labute approximate surface area is 123 Å². The third-order valence-corrected chi connectivity index (χ3v) is 2.98. The molecule has 1 N–H and O–H groups in total. The smallest absolute Gasteiger partial charge is 0.244 e. The van der Waals surface area contributed by atoms with Crippen molar-refractivity contribution in [3.8, 4) is 0 Å². The normalized spacial score (nSPS) is 10.7. The Kier molecular flexibility index (Phi) is 4.91. The molecule has 2 rings (SSSR count). The molecule has 0 spiro atoms. The minimum atomic E-state index is -0.138. The van der Waals surface area contributed by atoms with Gasteiger partial charge in [-0.15, -0.1) is 0 Å². The number of aryl methyl sites for hydroxylation is 1. The van der Waals surface area contributed by atoms with Crippen LogP contribution in [0, 0.1) is 6.92 Å². The van der Waals surface area contributed by atoms with E-state index >= 15 is 0 Å². The highest BCUT2D eigenvalue weighted by atomic mass is 35.5. The van der Waals surface area contributed by atoms with Crippen LogP contribution in [0.4, 0.5) is 0 Å². The van der Waals surface area contributed by atoms with E-state index < -0.39 is 0 Å². The number of rotatable bonds is 4. The van der Waals surface area contributed by atoms with Crippen LogP contribution in [0.1, 0.15) is 16.7 Å². The molecular weight excluding hydrogens is 272 g/mol. The summed E-state index contributed by atoms with van der Waals surface area (Å²) in [5, 5.41) is 3.24. The predicted molar refractivity (Wildman–Crippen MR) is 81.3 cm³/mol. The number of pyridine rings is 1. The van der Waals surface area contributed by atoms with Gasteiger partial charge in [0.2, 0.25) is 5.91 Å². The van der Waals surface area contributed by atoms with E-state index in [1.165, 1.54) is 11.6 Å². The quantitative estimate of drug-likeness (QED) is 0.691. The Bertz CT molecular complexity index is 603. The lowest BCUT2D eigenvalue weighted by Crippen LogP contribution is -2.20. The van der Waals surface area contributed by atoms with Gasteiger partial charge in [-0.25, -0.2) is 4.98 Å². The zero-order chi connectivity index (χ0) is 14.4.